The van der Waals surface area contributed by atoms with Crippen molar-refractivity contribution in [2.75, 3.05) is 0 Å². The molecule has 0 radical (unpaired) electrons. The standard InChI is InChI=1S/C20H19N5O5/c1-11-15-12(10-13(14-6-5-9-29-14)21-17(15)30-24-11)16(26)23-25-18(27)20(22-19(25)28)7-3-2-4-8-20/h5-6,9-10H,2-4,7-8H2,1H3,(H,22,28)(H,23,26). The molecule has 1 aliphatic heterocycles. The largest absolute Gasteiger partial charge is 0.463 e. The minimum atomic E-state index is -0.928. The number of carbonyl (C=O) groups is 3. The van der Waals surface area contributed by atoms with Crippen LogP contribution in [0.4, 0.5) is 4.79 Å². The van der Waals surface area contributed by atoms with E-state index in [1.54, 1.807) is 19.1 Å². The van der Waals surface area contributed by atoms with E-state index in [1.165, 1.54) is 12.3 Å². The van der Waals surface area contributed by atoms with E-state index in [0.717, 1.165) is 24.3 Å². The second kappa shape index (κ2) is 6.68. The fourth-order valence-corrected chi connectivity index (χ4v) is 4.20. The first-order valence-corrected chi connectivity index (χ1v) is 9.77. The number of urea groups is 1. The molecule has 2 aliphatic rings. The van der Waals surface area contributed by atoms with Crippen LogP contribution in [0.3, 0.4) is 0 Å². The molecule has 0 aromatic carbocycles. The summed E-state index contributed by atoms with van der Waals surface area (Å²) in [7, 11) is 0. The van der Waals surface area contributed by atoms with Crippen LogP contribution >= 0.6 is 0 Å². The summed E-state index contributed by atoms with van der Waals surface area (Å²) in [6.07, 6.45) is 5.35. The van der Waals surface area contributed by atoms with Crippen molar-refractivity contribution < 1.29 is 23.3 Å². The van der Waals surface area contributed by atoms with Crippen molar-refractivity contribution in [1.82, 2.24) is 25.9 Å². The van der Waals surface area contributed by atoms with Crippen LogP contribution in [0, 0.1) is 6.92 Å². The summed E-state index contributed by atoms with van der Waals surface area (Å²) in [4.78, 5) is 42.9. The Hall–Kier alpha value is -3.69. The Morgan fingerprint density at radius 1 is 1.27 bits per heavy atom. The number of furan rings is 1. The smallest absolute Gasteiger partial charge is 0.344 e. The van der Waals surface area contributed by atoms with Crippen molar-refractivity contribution in [3.8, 4) is 11.5 Å². The summed E-state index contributed by atoms with van der Waals surface area (Å²) < 4.78 is 10.6. The van der Waals surface area contributed by atoms with Gasteiger partial charge in [-0.05, 0) is 38.0 Å². The lowest BCUT2D eigenvalue weighted by molar-refractivity contribution is -0.134. The first-order valence-electron chi connectivity index (χ1n) is 9.77. The van der Waals surface area contributed by atoms with Crippen LogP contribution in [-0.4, -0.2) is 38.5 Å². The van der Waals surface area contributed by atoms with E-state index in [4.69, 9.17) is 8.94 Å². The maximum absolute atomic E-state index is 13.1. The van der Waals surface area contributed by atoms with E-state index >= 15 is 0 Å². The van der Waals surface area contributed by atoms with Gasteiger partial charge in [0, 0.05) is 0 Å². The monoisotopic (exact) mass is 409 g/mol. The van der Waals surface area contributed by atoms with Gasteiger partial charge in [0.1, 0.15) is 11.2 Å². The molecule has 3 aromatic heterocycles. The molecule has 4 heterocycles. The van der Waals surface area contributed by atoms with Gasteiger partial charge in [-0.1, -0.05) is 24.4 Å². The van der Waals surface area contributed by atoms with Crippen molar-refractivity contribution in [2.45, 2.75) is 44.6 Å². The number of nitrogens with zero attached hydrogens (tertiary/aromatic N) is 3. The number of amides is 4. The lowest BCUT2D eigenvalue weighted by Gasteiger charge is -2.30. The predicted octanol–water partition coefficient (Wildman–Crippen LogP) is 2.69. The van der Waals surface area contributed by atoms with Crippen LogP contribution in [-0.2, 0) is 4.79 Å². The van der Waals surface area contributed by atoms with Crippen LogP contribution < -0.4 is 10.7 Å². The molecule has 1 spiro atoms. The first kappa shape index (κ1) is 18.3. The van der Waals surface area contributed by atoms with E-state index in [2.05, 4.69) is 20.9 Å². The minimum absolute atomic E-state index is 0.160. The van der Waals surface area contributed by atoms with Gasteiger partial charge in [0.05, 0.1) is 22.9 Å². The molecular formula is C20H19N5O5. The Kier molecular flexibility index (Phi) is 4.09. The van der Waals surface area contributed by atoms with E-state index < -0.39 is 23.4 Å². The second-order valence-corrected chi connectivity index (χ2v) is 7.63. The number of hydrazine groups is 1. The number of pyridine rings is 1. The normalized spacial score (nSPS) is 18.2. The van der Waals surface area contributed by atoms with Crippen LogP contribution in [0.1, 0.15) is 48.2 Å². The maximum atomic E-state index is 13.1. The van der Waals surface area contributed by atoms with Gasteiger partial charge in [0.25, 0.3) is 17.5 Å². The minimum Gasteiger partial charge on any atom is -0.463 e. The van der Waals surface area contributed by atoms with Crippen molar-refractivity contribution in [3.05, 3.63) is 35.7 Å². The Morgan fingerprint density at radius 2 is 2.07 bits per heavy atom. The average Bonchev–Trinajstić information content (AvgIpc) is 3.45. The van der Waals surface area contributed by atoms with Crippen molar-refractivity contribution in [2.24, 2.45) is 0 Å². The highest BCUT2D eigenvalue weighted by molar-refractivity contribution is 6.12. The number of aromatic nitrogens is 2. The summed E-state index contributed by atoms with van der Waals surface area (Å²) in [5.74, 6) is -0.631. The zero-order valence-corrected chi connectivity index (χ0v) is 16.2. The first-order chi connectivity index (χ1) is 14.5. The molecule has 5 rings (SSSR count). The average molecular weight is 409 g/mol. The maximum Gasteiger partial charge on any atom is 0.344 e. The van der Waals surface area contributed by atoms with Gasteiger partial charge in [0.2, 0.25) is 0 Å². The Labute approximate surface area is 170 Å². The van der Waals surface area contributed by atoms with E-state index in [1.807, 2.05) is 0 Å². The van der Waals surface area contributed by atoms with Crippen LogP contribution in [0.5, 0.6) is 0 Å². The number of nitrogens with one attached hydrogen (secondary N) is 2. The molecule has 30 heavy (non-hydrogen) atoms. The summed E-state index contributed by atoms with van der Waals surface area (Å²) in [5.41, 5.74) is 2.70. The zero-order valence-electron chi connectivity index (χ0n) is 16.2. The van der Waals surface area contributed by atoms with Crippen molar-refractivity contribution in [3.63, 3.8) is 0 Å². The quantitative estimate of drug-likeness (QED) is 0.636. The molecule has 3 aromatic rings. The summed E-state index contributed by atoms with van der Waals surface area (Å²) in [6, 6.07) is 4.29. The molecule has 0 bridgehead atoms. The Morgan fingerprint density at radius 3 is 2.80 bits per heavy atom. The highest BCUT2D eigenvalue weighted by Gasteiger charge is 2.52. The lowest BCUT2D eigenvalue weighted by atomic mass is 9.82. The van der Waals surface area contributed by atoms with Gasteiger partial charge in [-0.3, -0.25) is 15.0 Å². The summed E-state index contributed by atoms with van der Waals surface area (Å²) >= 11 is 0. The molecule has 0 atom stereocenters. The summed E-state index contributed by atoms with van der Waals surface area (Å²) in [6.45, 7) is 1.68. The Balaban J connectivity index is 1.50. The number of hydrogen-bond donors (Lipinski definition) is 2. The van der Waals surface area contributed by atoms with E-state index in [-0.39, 0.29) is 11.3 Å². The lowest BCUT2D eigenvalue weighted by Crippen LogP contribution is -2.51. The highest BCUT2D eigenvalue weighted by atomic mass is 16.5. The number of fused-ring (bicyclic) bond motifs is 1. The molecule has 2 fully saturated rings. The van der Waals surface area contributed by atoms with Crippen LogP contribution in [0.25, 0.3) is 22.6 Å². The molecule has 154 valence electrons. The fourth-order valence-electron chi connectivity index (χ4n) is 4.20. The molecule has 10 nitrogen and oxygen atoms in total. The number of imide groups is 1. The van der Waals surface area contributed by atoms with Crippen molar-refractivity contribution in [1.29, 1.82) is 0 Å². The third kappa shape index (κ3) is 2.75. The van der Waals surface area contributed by atoms with E-state index in [9.17, 15) is 14.4 Å². The fraction of sp³-hybridized carbons (Fsp3) is 0.350. The van der Waals surface area contributed by atoms with Gasteiger partial charge >= 0.3 is 6.03 Å². The molecule has 1 aliphatic carbocycles. The topological polar surface area (TPSA) is 131 Å². The second-order valence-electron chi connectivity index (χ2n) is 7.63. The molecule has 0 unspecified atom stereocenters. The van der Waals surface area contributed by atoms with Gasteiger partial charge < -0.3 is 14.3 Å². The molecular weight excluding hydrogens is 390 g/mol. The molecule has 4 amide bonds. The number of aryl methyl sites for hydroxylation is 1. The third-order valence-corrected chi connectivity index (χ3v) is 5.72. The molecule has 1 saturated heterocycles. The predicted molar refractivity (Wildman–Crippen MR) is 103 cm³/mol. The molecule has 2 N–H and O–H groups in total. The Bertz CT molecular complexity index is 1160. The van der Waals surface area contributed by atoms with Crippen molar-refractivity contribution >= 4 is 28.9 Å². The third-order valence-electron chi connectivity index (χ3n) is 5.72. The molecule has 10 heteroatoms. The van der Waals surface area contributed by atoms with Gasteiger partial charge in [-0.2, -0.15) is 5.01 Å². The summed E-state index contributed by atoms with van der Waals surface area (Å²) in [5, 5.41) is 7.83. The van der Waals surface area contributed by atoms with Gasteiger partial charge in [0.15, 0.2) is 5.76 Å². The zero-order chi connectivity index (χ0) is 20.9. The number of hydrogen-bond acceptors (Lipinski definition) is 7. The SMILES string of the molecule is Cc1noc2nc(-c3ccco3)cc(C(=O)NN3C(=O)NC4(CCCCC4)C3=O)c12. The van der Waals surface area contributed by atoms with E-state index in [0.29, 0.717) is 35.4 Å². The molecule has 1 saturated carbocycles. The number of rotatable bonds is 3. The van der Waals surface area contributed by atoms with Crippen LogP contribution in [0.15, 0.2) is 33.4 Å². The van der Waals surface area contributed by atoms with Crippen LogP contribution in [0.2, 0.25) is 0 Å². The van der Waals surface area contributed by atoms with Gasteiger partial charge in [-0.15, -0.1) is 0 Å². The highest BCUT2D eigenvalue weighted by Crippen LogP contribution is 2.33. The van der Waals surface area contributed by atoms with Gasteiger partial charge in [-0.25, -0.2) is 9.78 Å². The number of carbonyl (C=O) groups excluding carboxylic acids is 3.